The number of aromatic amines is 1. The molecule has 0 aliphatic heterocycles. The van der Waals surface area contributed by atoms with Gasteiger partial charge in [-0.1, -0.05) is 0 Å². The molecule has 3 rings (SSSR count). The minimum atomic E-state index is -1.03. The highest BCUT2D eigenvalue weighted by molar-refractivity contribution is 7.17. The molecule has 1 amide bonds. The molecule has 0 radical (unpaired) electrons. The van der Waals surface area contributed by atoms with Crippen molar-refractivity contribution in [2.45, 2.75) is 0 Å². The van der Waals surface area contributed by atoms with Gasteiger partial charge >= 0.3 is 0 Å². The first-order valence-corrected chi connectivity index (χ1v) is 6.94. The van der Waals surface area contributed by atoms with E-state index in [1.807, 2.05) is 0 Å². The number of aromatic hydroxyl groups is 1. The number of rotatable bonds is 2. The van der Waals surface area contributed by atoms with Crippen molar-refractivity contribution in [1.82, 2.24) is 4.98 Å². The maximum atomic E-state index is 13.5. The maximum Gasteiger partial charge on any atom is 0.265 e. The number of H-pyrrole nitrogens is 1. The number of benzene rings is 1. The Morgan fingerprint density at radius 2 is 2.05 bits per heavy atom. The SMILES string of the molecule is O=C(Nc1cc(F)ccc1F)c1c(O)c2sccc2[nH]c1=O. The third kappa shape index (κ3) is 2.33. The number of anilines is 1. The molecule has 8 heteroatoms. The van der Waals surface area contributed by atoms with E-state index in [9.17, 15) is 23.5 Å². The average molecular weight is 322 g/mol. The van der Waals surface area contributed by atoms with Gasteiger partial charge in [0.2, 0.25) is 0 Å². The summed E-state index contributed by atoms with van der Waals surface area (Å²) in [6.45, 7) is 0. The summed E-state index contributed by atoms with van der Waals surface area (Å²) in [4.78, 5) is 26.4. The Bertz CT molecular complexity index is 949. The number of hydrogen-bond donors (Lipinski definition) is 3. The zero-order chi connectivity index (χ0) is 15.9. The number of hydrogen-bond acceptors (Lipinski definition) is 4. The first-order chi connectivity index (χ1) is 10.5. The van der Waals surface area contributed by atoms with Gasteiger partial charge in [0, 0.05) is 6.07 Å². The Labute approximate surface area is 125 Å². The van der Waals surface area contributed by atoms with E-state index in [2.05, 4.69) is 10.3 Å². The molecule has 0 saturated carbocycles. The van der Waals surface area contributed by atoms with Crippen LogP contribution < -0.4 is 10.9 Å². The summed E-state index contributed by atoms with van der Waals surface area (Å²) in [5, 5.41) is 13.8. The van der Waals surface area contributed by atoms with Crippen molar-refractivity contribution < 1.29 is 18.7 Å². The monoisotopic (exact) mass is 322 g/mol. The number of pyridine rings is 1. The second-order valence-electron chi connectivity index (χ2n) is 4.42. The number of amides is 1. The van der Waals surface area contributed by atoms with Crippen LogP contribution in [0.15, 0.2) is 34.4 Å². The van der Waals surface area contributed by atoms with E-state index in [0.717, 1.165) is 29.5 Å². The van der Waals surface area contributed by atoms with Gasteiger partial charge in [-0.2, -0.15) is 0 Å². The molecule has 3 N–H and O–H groups in total. The first kappa shape index (κ1) is 14.2. The second-order valence-corrected chi connectivity index (χ2v) is 5.34. The summed E-state index contributed by atoms with van der Waals surface area (Å²) >= 11 is 1.13. The fourth-order valence-electron chi connectivity index (χ4n) is 1.99. The van der Waals surface area contributed by atoms with E-state index in [-0.39, 0.29) is 0 Å². The van der Waals surface area contributed by atoms with Crippen LogP contribution in [0.4, 0.5) is 14.5 Å². The molecule has 0 aliphatic carbocycles. The summed E-state index contributed by atoms with van der Waals surface area (Å²) in [5.74, 6) is -3.13. The van der Waals surface area contributed by atoms with Gasteiger partial charge in [0.25, 0.3) is 11.5 Å². The van der Waals surface area contributed by atoms with Crippen molar-refractivity contribution >= 4 is 33.1 Å². The van der Waals surface area contributed by atoms with E-state index in [1.165, 1.54) is 0 Å². The lowest BCUT2D eigenvalue weighted by atomic mass is 10.2. The summed E-state index contributed by atoms with van der Waals surface area (Å²) in [5.41, 5.74) is -1.41. The molecule has 1 aromatic carbocycles. The topological polar surface area (TPSA) is 82.2 Å². The zero-order valence-electron chi connectivity index (χ0n) is 10.8. The number of thiophene rings is 1. The first-order valence-electron chi connectivity index (χ1n) is 6.06. The molecule has 0 fully saturated rings. The molecule has 5 nitrogen and oxygen atoms in total. The standard InChI is InChI=1S/C14H8F2N2O3S/c15-6-1-2-7(16)9(5-6)18-14(21)10-11(19)12-8(3-4-22-12)17-13(10)20/h1-5H,(H,18,21)(H2,17,19,20). The number of carbonyl (C=O) groups excluding carboxylic acids is 1. The molecule has 0 saturated heterocycles. The van der Waals surface area contributed by atoms with Crippen LogP contribution in [-0.4, -0.2) is 16.0 Å². The van der Waals surface area contributed by atoms with Crippen molar-refractivity contribution in [2.75, 3.05) is 5.32 Å². The van der Waals surface area contributed by atoms with E-state index in [4.69, 9.17) is 0 Å². The minimum Gasteiger partial charge on any atom is -0.505 e. The largest absolute Gasteiger partial charge is 0.505 e. The molecular weight excluding hydrogens is 314 g/mol. The van der Waals surface area contributed by atoms with Gasteiger partial charge in [0.05, 0.1) is 15.9 Å². The van der Waals surface area contributed by atoms with Crippen LogP contribution in [0.5, 0.6) is 5.75 Å². The lowest BCUT2D eigenvalue weighted by molar-refractivity contribution is 0.102. The number of nitrogens with one attached hydrogen (secondary N) is 2. The Morgan fingerprint density at radius 1 is 1.27 bits per heavy atom. The Kier molecular flexibility index (Phi) is 3.38. The summed E-state index contributed by atoms with van der Waals surface area (Å²) in [6, 6.07) is 4.10. The second kappa shape index (κ2) is 5.23. The van der Waals surface area contributed by atoms with Crippen molar-refractivity contribution in [3.05, 3.63) is 57.2 Å². The lowest BCUT2D eigenvalue weighted by Crippen LogP contribution is -2.23. The van der Waals surface area contributed by atoms with Crippen LogP contribution in [0.3, 0.4) is 0 Å². The Hall–Kier alpha value is -2.74. The summed E-state index contributed by atoms with van der Waals surface area (Å²) in [7, 11) is 0. The molecule has 0 spiro atoms. The fraction of sp³-hybridized carbons (Fsp3) is 0. The molecule has 0 aliphatic rings. The molecule has 22 heavy (non-hydrogen) atoms. The summed E-state index contributed by atoms with van der Waals surface area (Å²) in [6.07, 6.45) is 0. The van der Waals surface area contributed by atoms with Crippen molar-refractivity contribution in [3.63, 3.8) is 0 Å². The third-order valence-corrected chi connectivity index (χ3v) is 3.92. The number of aromatic nitrogens is 1. The predicted molar refractivity (Wildman–Crippen MR) is 78.4 cm³/mol. The Balaban J connectivity index is 2.06. The highest BCUT2D eigenvalue weighted by atomic mass is 32.1. The highest BCUT2D eigenvalue weighted by Gasteiger charge is 2.21. The van der Waals surface area contributed by atoms with Crippen LogP contribution in [0.2, 0.25) is 0 Å². The normalized spacial score (nSPS) is 10.8. The van der Waals surface area contributed by atoms with E-state index in [0.29, 0.717) is 10.2 Å². The van der Waals surface area contributed by atoms with E-state index >= 15 is 0 Å². The van der Waals surface area contributed by atoms with Crippen LogP contribution in [0.1, 0.15) is 10.4 Å². The van der Waals surface area contributed by atoms with Gasteiger partial charge in [-0.25, -0.2) is 8.78 Å². The predicted octanol–water partition coefficient (Wildman–Crippen LogP) is 2.83. The minimum absolute atomic E-state index is 0.324. The van der Waals surface area contributed by atoms with Crippen molar-refractivity contribution in [1.29, 1.82) is 0 Å². The van der Waals surface area contributed by atoms with Gasteiger partial charge in [-0.15, -0.1) is 11.3 Å². The van der Waals surface area contributed by atoms with Crippen LogP contribution in [0, 0.1) is 11.6 Å². The number of carbonyl (C=O) groups is 1. The van der Waals surface area contributed by atoms with Gasteiger partial charge in [-0.05, 0) is 23.6 Å². The van der Waals surface area contributed by atoms with E-state index < -0.39 is 40.1 Å². The molecular formula is C14H8F2N2O3S. The summed E-state index contributed by atoms with van der Waals surface area (Å²) < 4.78 is 26.9. The Morgan fingerprint density at radius 3 is 2.82 bits per heavy atom. The highest BCUT2D eigenvalue weighted by Crippen LogP contribution is 2.30. The van der Waals surface area contributed by atoms with Gasteiger partial charge < -0.3 is 15.4 Å². The molecule has 0 atom stereocenters. The zero-order valence-corrected chi connectivity index (χ0v) is 11.6. The lowest BCUT2D eigenvalue weighted by Gasteiger charge is -2.08. The van der Waals surface area contributed by atoms with Crippen LogP contribution in [0.25, 0.3) is 10.2 Å². The van der Waals surface area contributed by atoms with E-state index in [1.54, 1.807) is 11.4 Å². The van der Waals surface area contributed by atoms with Crippen LogP contribution in [-0.2, 0) is 0 Å². The smallest absolute Gasteiger partial charge is 0.265 e. The van der Waals surface area contributed by atoms with Gasteiger partial charge in [0.15, 0.2) is 5.75 Å². The molecule has 112 valence electrons. The molecule has 0 bridgehead atoms. The number of halogens is 2. The molecule has 3 aromatic rings. The van der Waals surface area contributed by atoms with Crippen molar-refractivity contribution in [3.8, 4) is 5.75 Å². The van der Waals surface area contributed by atoms with Crippen molar-refractivity contribution in [2.24, 2.45) is 0 Å². The molecule has 2 heterocycles. The molecule has 0 unspecified atom stereocenters. The maximum absolute atomic E-state index is 13.5. The van der Waals surface area contributed by atoms with Crippen LogP contribution >= 0.6 is 11.3 Å². The van der Waals surface area contributed by atoms with Gasteiger partial charge in [-0.3, -0.25) is 9.59 Å². The third-order valence-electron chi connectivity index (χ3n) is 3.00. The quantitative estimate of drug-likeness (QED) is 0.678. The average Bonchev–Trinajstić information content (AvgIpc) is 2.91. The molecule has 2 aromatic heterocycles. The number of fused-ring (bicyclic) bond motifs is 1. The fourth-order valence-corrected chi connectivity index (χ4v) is 2.79. The van der Waals surface area contributed by atoms with Gasteiger partial charge in [0.1, 0.15) is 17.2 Å².